The summed E-state index contributed by atoms with van der Waals surface area (Å²) in [7, 11) is -3.36. The SMILES string of the molecule is CC1CC(C)CN(CCCNS(=O)(=O)Cc2ccc(Cl)c(Cl)c2)C1. The summed E-state index contributed by atoms with van der Waals surface area (Å²) in [5.74, 6) is 1.36. The predicted molar refractivity (Wildman–Crippen MR) is 101 cm³/mol. The van der Waals surface area contributed by atoms with E-state index in [-0.39, 0.29) is 5.75 Å². The van der Waals surface area contributed by atoms with Gasteiger partial charge in [0.05, 0.1) is 15.8 Å². The molecule has 2 unspecified atom stereocenters. The molecule has 1 aliphatic heterocycles. The molecule has 4 nitrogen and oxygen atoms in total. The highest BCUT2D eigenvalue weighted by Crippen LogP contribution is 2.23. The Balaban J connectivity index is 1.75. The second-order valence-electron chi connectivity index (χ2n) is 6.96. The lowest BCUT2D eigenvalue weighted by molar-refractivity contribution is 0.140. The highest BCUT2D eigenvalue weighted by Gasteiger charge is 2.21. The van der Waals surface area contributed by atoms with Crippen LogP contribution in [0.2, 0.25) is 10.0 Å². The van der Waals surface area contributed by atoms with Gasteiger partial charge in [0.15, 0.2) is 0 Å². The Morgan fingerprint density at radius 2 is 1.83 bits per heavy atom. The minimum Gasteiger partial charge on any atom is -0.303 e. The van der Waals surface area contributed by atoms with E-state index in [4.69, 9.17) is 23.2 Å². The van der Waals surface area contributed by atoms with Crippen LogP contribution < -0.4 is 4.72 Å². The van der Waals surface area contributed by atoms with Crippen molar-refractivity contribution in [3.8, 4) is 0 Å². The van der Waals surface area contributed by atoms with Gasteiger partial charge in [0.1, 0.15) is 0 Å². The lowest BCUT2D eigenvalue weighted by Gasteiger charge is -2.34. The molecule has 1 aromatic rings. The second-order valence-corrected chi connectivity index (χ2v) is 9.58. The zero-order valence-corrected chi connectivity index (χ0v) is 16.6. The first-order chi connectivity index (χ1) is 11.2. The van der Waals surface area contributed by atoms with Gasteiger partial charge in [0.2, 0.25) is 10.0 Å². The van der Waals surface area contributed by atoms with Crippen molar-refractivity contribution in [1.82, 2.24) is 9.62 Å². The summed E-state index contributed by atoms with van der Waals surface area (Å²) in [6, 6.07) is 4.90. The molecule has 1 saturated heterocycles. The molecule has 1 fully saturated rings. The molecule has 0 bridgehead atoms. The summed E-state index contributed by atoms with van der Waals surface area (Å²) in [6.07, 6.45) is 2.10. The van der Waals surface area contributed by atoms with Gasteiger partial charge in [-0.3, -0.25) is 0 Å². The van der Waals surface area contributed by atoms with E-state index in [1.807, 2.05) is 0 Å². The molecule has 2 atom stereocenters. The van der Waals surface area contributed by atoms with Crippen LogP contribution in [0.15, 0.2) is 18.2 Å². The molecule has 0 amide bonds. The number of likely N-dealkylation sites (tertiary alicyclic amines) is 1. The molecular formula is C17H26Cl2N2O2S. The van der Waals surface area contributed by atoms with Gasteiger partial charge < -0.3 is 4.90 Å². The van der Waals surface area contributed by atoms with E-state index in [1.54, 1.807) is 18.2 Å². The van der Waals surface area contributed by atoms with Crippen molar-refractivity contribution in [2.24, 2.45) is 11.8 Å². The average molecular weight is 393 g/mol. The fourth-order valence-corrected chi connectivity index (χ4v) is 4.90. The molecule has 0 radical (unpaired) electrons. The van der Waals surface area contributed by atoms with E-state index < -0.39 is 10.0 Å². The predicted octanol–water partition coefficient (Wildman–Crippen LogP) is 3.78. The van der Waals surface area contributed by atoms with Crippen molar-refractivity contribution in [1.29, 1.82) is 0 Å². The van der Waals surface area contributed by atoms with Crippen LogP contribution in [-0.4, -0.2) is 39.5 Å². The molecule has 1 aliphatic rings. The molecule has 136 valence electrons. The Kier molecular flexibility index (Phi) is 7.38. The Morgan fingerprint density at radius 3 is 2.46 bits per heavy atom. The molecule has 0 spiro atoms. The average Bonchev–Trinajstić information content (AvgIpc) is 2.46. The minimum atomic E-state index is -3.36. The highest BCUT2D eigenvalue weighted by molar-refractivity contribution is 7.88. The van der Waals surface area contributed by atoms with Crippen LogP contribution in [-0.2, 0) is 15.8 Å². The lowest BCUT2D eigenvalue weighted by Crippen LogP contribution is -2.40. The van der Waals surface area contributed by atoms with Gasteiger partial charge >= 0.3 is 0 Å². The Bertz CT molecular complexity index is 642. The van der Waals surface area contributed by atoms with Gasteiger partial charge in [-0.25, -0.2) is 13.1 Å². The van der Waals surface area contributed by atoms with E-state index in [0.29, 0.717) is 22.2 Å². The minimum absolute atomic E-state index is 0.0817. The third-order valence-electron chi connectivity index (χ3n) is 4.26. The molecule has 0 saturated carbocycles. The Hall–Kier alpha value is -0.330. The maximum absolute atomic E-state index is 12.2. The zero-order valence-electron chi connectivity index (χ0n) is 14.3. The highest BCUT2D eigenvalue weighted by atomic mass is 35.5. The third kappa shape index (κ3) is 6.52. The van der Waals surface area contributed by atoms with Crippen LogP contribution in [0.4, 0.5) is 0 Å². The van der Waals surface area contributed by atoms with Crippen LogP contribution in [0.3, 0.4) is 0 Å². The first kappa shape index (κ1) is 20.0. The molecule has 24 heavy (non-hydrogen) atoms. The monoisotopic (exact) mass is 392 g/mol. The van der Waals surface area contributed by atoms with Crippen molar-refractivity contribution >= 4 is 33.2 Å². The first-order valence-corrected chi connectivity index (χ1v) is 10.8. The topological polar surface area (TPSA) is 49.4 Å². The number of halogens is 2. The Labute approximate surface area is 155 Å². The van der Waals surface area contributed by atoms with Gasteiger partial charge in [0, 0.05) is 19.6 Å². The normalized spacial score (nSPS) is 22.7. The smallest absolute Gasteiger partial charge is 0.215 e. The standard InChI is InChI=1S/C17H26Cl2N2O2S/c1-13-8-14(2)11-21(10-13)7-3-6-20-24(22,23)12-15-4-5-16(18)17(19)9-15/h4-5,9,13-14,20H,3,6-8,10-12H2,1-2H3. The number of sulfonamides is 1. The van der Waals surface area contributed by atoms with E-state index >= 15 is 0 Å². The summed E-state index contributed by atoms with van der Waals surface area (Å²) in [5, 5.41) is 0.800. The van der Waals surface area contributed by atoms with Crippen LogP contribution in [0, 0.1) is 11.8 Å². The van der Waals surface area contributed by atoms with Gasteiger partial charge in [-0.1, -0.05) is 43.1 Å². The maximum Gasteiger partial charge on any atom is 0.215 e. The van der Waals surface area contributed by atoms with Gasteiger partial charge in [0.25, 0.3) is 0 Å². The van der Waals surface area contributed by atoms with Crippen molar-refractivity contribution in [3.05, 3.63) is 33.8 Å². The van der Waals surface area contributed by atoms with Crippen LogP contribution >= 0.6 is 23.2 Å². The molecule has 1 aromatic carbocycles. The number of nitrogens with zero attached hydrogens (tertiary/aromatic N) is 1. The number of hydrogen-bond donors (Lipinski definition) is 1. The Morgan fingerprint density at radius 1 is 1.17 bits per heavy atom. The zero-order chi connectivity index (χ0) is 17.7. The maximum atomic E-state index is 12.2. The van der Waals surface area contributed by atoms with E-state index in [9.17, 15) is 8.42 Å². The largest absolute Gasteiger partial charge is 0.303 e. The van der Waals surface area contributed by atoms with Crippen LogP contribution in [0.25, 0.3) is 0 Å². The number of piperidine rings is 1. The van der Waals surface area contributed by atoms with E-state index in [2.05, 4.69) is 23.5 Å². The number of nitrogens with one attached hydrogen (secondary N) is 1. The molecule has 2 rings (SSSR count). The van der Waals surface area contributed by atoms with Gasteiger partial charge in [-0.2, -0.15) is 0 Å². The molecule has 0 aromatic heterocycles. The van der Waals surface area contributed by atoms with Gasteiger partial charge in [-0.05, 0) is 48.9 Å². The van der Waals surface area contributed by atoms with Gasteiger partial charge in [-0.15, -0.1) is 0 Å². The third-order valence-corrected chi connectivity index (χ3v) is 6.35. The molecule has 1 heterocycles. The quantitative estimate of drug-likeness (QED) is 0.718. The molecule has 1 N–H and O–H groups in total. The fraction of sp³-hybridized carbons (Fsp3) is 0.647. The summed E-state index contributed by atoms with van der Waals surface area (Å²) >= 11 is 11.8. The molecule has 7 heteroatoms. The number of hydrogen-bond acceptors (Lipinski definition) is 3. The fourth-order valence-electron chi connectivity index (χ4n) is 3.40. The van der Waals surface area contributed by atoms with Crippen molar-refractivity contribution < 1.29 is 8.42 Å². The van der Waals surface area contributed by atoms with Crippen molar-refractivity contribution in [3.63, 3.8) is 0 Å². The molecule has 0 aliphatic carbocycles. The summed E-state index contributed by atoms with van der Waals surface area (Å²) in [4.78, 5) is 2.44. The number of benzene rings is 1. The van der Waals surface area contributed by atoms with Crippen molar-refractivity contribution in [2.45, 2.75) is 32.4 Å². The lowest BCUT2D eigenvalue weighted by atomic mass is 9.92. The first-order valence-electron chi connectivity index (χ1n) is 8.39. The second kappa shape index (κ2) is 8.86. The van der Waals surface area contributed by atoms with Crippen LogP contribution in [0.5, 0.6) is 0 Å². The van der Waals surface area contributed by atoms with Crippen molar-refractivity contribution in [2.75, 3.05) is 26.2 Å². The summed E-state index contributed by atoms with van der Waals surface area (Å²) in [6.45, 7) is 8.18. The van der Waals surface area contributed by atoms with Crippen LogP contribution in [0.1, 0.15) is 32.3 Å². The summed E-state index contributed by atoms with van der Waals surface area (Å²) < 4.78 is 27.0. The molecular weight excluding hydrogens is 367 g/mol. The number of rotatable bonds is 7. The van der Waals surface area contributed by atoms with E-state index in [0.717, 1.165) is 37.9 Å². The van der Waals surface area contributed by atoms with E-state index in [1.165, 1.54) is 6.42 Å². The summed E-state index contributed by atoms with van der Waals surface area (Å²) in [5.41, 5.74) is 0.635.